The van der Waals surface area contributed by atoms with Crippen LogP contribution >= 0.6 is 0 Å². The number of rotatable bonds is 9. The molecule has 2 aromatic carbocycles. The number of carboxylic acids is 1. The number of benzene rings is 2. The van der Waals surface area contributed by atoms with Crippen LogP contribution < -0.4 is 10.6 Å². The molecule has 168 valence electrons. The molecule has 0 radical (unpaired) electrons. The summed E-state index contributed by atoms with van der Waals surface area (Å²) >= 11 is 0. The predicted molar refractivity (Wildman–Crippen MR) is 120 cm³/mol. The highest BCUT2D eigenvalue weighted by Gasteiger charge is 2.12. The van der Waals surface area contributed by atoms with Gasteiger partial charge in [-0.3, -0.25) is 9.59 Å². The zero-order valence-electron chi connectivity index (χ0n) is 17.7. The van der Waals surface area contributed by atoms with Crippen molar-refractivity contribution in [2.24, 2.45) is 0 Å². The van der Waals surface area contributed by atoms with E-state index in [2.05, 4.69) is 30.9 Å². The molecule has 0 saturated carbocycles. The number of fused-ring (bicyclic) bond motifs is 1. The highest BCUT2D eigenvalue weighted by Crippen LogP contribution is 2.19. The van der Waals surface area contributed by atoms with Gasteiger partial charge in [-0.05, 0) is 35.9 Å². The summed E-state index contributed by atoms with van der Waals surface area (Å²) in [4.78, 5) is 32.1. The van der Waals surface area contributed by atoms with Crippen molar-refractivity contribution in [3.8, 4) is 5.69 Å². The zero-order chi connectivity index (χ0) is 23.2. The maximum absolute atomic E-state index is 12.3. The number of nitrogens with one attached hydrogen (secondary N) is 2. The number of hydrogen-bond acceptors (Lipinski definition) is 8. The van der Waals surface area contributed by atoms with E-state index in [0.29, 0.717) is 52.8 Å². The van der Waals surface area contributed by atoms with Crippen LogP contribution in [0.25, 0.3) is 16.9 Å². The van der Waals surface area contributed by atoms with E-state index in [0.717, 1.165) is 0 Å². The van der Waals surface area contributed by atoms with Gasteiger partial charge in [0.1, 0.15) is 0 Å². The number of hydrogen-bond donors (Lipinski definition) is 3. The van der Waals surface area contributed by atoms with Gasteiger partial charge in [-0.25, -0.2) is 4.98 Å². The molecule has 0 spiro atoms. The first-order valence-corrected chi connectivity index (χ1v) is 10.1. The van der Waals surface area contributed by atoms with Crippen molar-refractivity contribution in [2.75, 3.05) is 25.6 Å². The molecule has 0 aliphatic rings. The van der Waals surface area contributed by atoms with Crippen molar-refractivity contribution in [3.63, 3.8) is 0 Å². The summed E-state index contributed by atoms with van der Waals surface area (Å²) in [6, 6.07) is 14.0. The summed E-state index contributed by atoms with van der Waals surface area (Å²) in [5, 5.41) is 23.1. The molecule has 3 N–H and O–H groups in total. The average molecular weight is 447 g/mol. The molecule has 4 aromatic rings. The predicted octanol–water partition coefficient (Wildman–Crippen LogP) is 1.96. The average Bonchev–Trinajstić information content (AvgIpc) is 3.22. The SMILES string of the molecule is COCCNC(=O)c1cccc(Nc2ncc3nnn(-c4cccc(CC(=O)O)c4)c3n2)c1. The Bertz CT molecular complexity index is 1300. The normalized spacial score (nSPS) is 10.8. The van der Waals surface area contributed by atoms with Gasteiger partial charge in [0, 0.05) is 24.9 Å². The van der Waals surface area contributed by atoms with Crippen LogP contribution in [0.2, 0.25) is 0 Å². The first-order valence-electron chi connectivity index (χ1n) is 10.1. The van der Waals surface area contributed by atoms with Crippen LogP contribution in [-0.4, -0.2) is 62.2 Å². The number of aromatic nitrogens is 5. The van der Waals surface area contributed by atoms with E-state index in [4.69, 9.17) is 9.84 Å². The van der Waals surface area contributed by atoms with Gasteiger partial charge in [-0.1, -0.05) is 23.4 Å². The molecular weight excluding hydrogens is 426 g/mol. The third kappa shape index (κ3) is 5.28. The molecule has 4 rings (SSSR count). The Balaban J connectivity index is 1.58. The lowest BCUT2D eigenvalue weighted by Gasteiger charge is -2.08. The summed E-state index contributed by atoms with van der Waals surface area (Å²) in [7, 11) is 1.57. The van der Waals surface area contributed by atoms with Crippen LogP contribution in [0.15, 0.2) is 54.7 Å². The third-order valence-corrected chi connectivity index (χ3v) is 4.68. The smallest absolute Gasteiger partial charge is 0.307 e. The van der Waals surface area contributed by atoms with Crippen LogP contribution in [0.3, 0.4) is 0 Å². The monoisotopic (exact) mass is 447 g/mol. The molecule has 0 unspecified atom stereocenters. The summed E-state index contributed by atoms with van der Waals surface area (Å²) in [5.41, 5.74) is 3.33. The molecule has 0 atom stereocenters. The van der Waals surface area contributed by atoms with Gasteiger partial charge < -0.3 is 20.5 Å². The van der Waals surface area contributed by atoms with E-state index in [1.807, 2.05) is 0 Å². The molecule has 0 fully saturated rings. The van der Waals surface area contributed by atoms with Gasteiger partial charge in [0.05, 0.1) is 24.9 Å². The summed E-state index contributed by atoms with van der Waals surface area (Å²) < 4.78 is 6.46. The van der Waals surface area contributed by atoms with Crippen LogP contribution in [-0.2, 0) is 16.0 Å². The van der Waals surface area contributed by atoms with E-state index in [-0.39, 0.29) is 12.3 Å². The second kappa shape index (κ2) is 9.83. The highest BCUT2D eigenvalue weighted by molar-refractivity contribution is 5.95. The first kappa shape index (κ1) is 21.8. The molecule has 2 aromatic heterocycles. The van der Waals surface area contributed by atoms with Crippen molar-refractivity contribution in [1.82, 2.24) is 30.3 Å². The van der Waals surface area contributed by atoms with Crippen molar-refractivity contribution < 1.29 is 19.4 Å². The second-order valence-electron chi connectivity index (χ2n) is 7.10. The Morgan fingerprint density at radius 2 is 2.00 bits per heavy atom. The number of aliphatic carboxylic acids is 1. The minimum atomic E-state index is -0.918. The van der Waals surface area contributed by atoms with E-state index in [1.165, 1.54) is 10.9 Å². The van der Waals surface area contributed by atoms with Gasteiger partial charge in [-0.2, -0.15) is 9.67 Å². The largest absolute Gasteiger partial charge is 0.481 e. The van der Waals surface area contributed by atoms with Gasteiger partial charge in [0.2, 0.25) is 5.95 Å². The lowest BCUT2D eigenvalue weighted by Crippen LogP contribution is -2.26. The van der Waals surface area contributed by atoms with Gasteiger partial charge in [0.15, 0.2) is 11.2 Å². The summed E-state index contributed by atoms with van der Waals surface area (Å²) in [5.74, 6) is -0.834. The Morgan fingerprint density at radius 3 is 2.82 bits per heavy atom. The number of amides is 1. The minimum Gasteiger partial charge on any atom is -0.481 e. The van der Waals surface area contributed by atoms with Crippen molar-refractivity contribution in [3.05, 3.63) is 65.9 Å². The van der Waals surface area contributed by atoms with Crippen LogP contribution in [0.4, 0.5) is 11.6 Å². The topological polar surface area (TPSA) is 144 Å². The second-order valence-corrected chi connectivity index (χ2v) is 7.10. The number of carbonyl (C=O) groups is 2. The zero-order valence-corrected chi connectivity index (χ0v) is 17.7. The van der Waals surface area contributed by atoms with Crippen LogP contribution in [0, 0.1) is 0 Å². The third-order valence-electron chi connectivity index (χ3n) is 4.68. The molecule has 2 heterocycles. The molecule has 0 aliphatic carbocycles. The molecule has 1 amide bonds. The van der Waals surface area contributed by atoms with Crippen LogP contribution in [0.1, 0.15) is 15.9 Å². The van der Waals surface area contributed by atoms with Gasteiger partial charge >= 0.3 is 5.97 Å². The fraction of sp³-hybridized carbons (Fsp3) is 0.182. The maximum atomic E-state index is 12.3. The number of methoxy groups -OCH3 is 1. The number of carboxylic acid groups (broad SMARTS) is 1. The molecule has 0 aliphatic heterocycles. The van der Waals surface area contributed by atoms with Crippen molar-refractivity contribution in [2.45, 2.75) is 6.42 Å². The summed E-state index contributed by atoms with van der Waals surface area (Å²) in [6.07, 6.45) is 1.44. The van der Waals surface area contributed by atoms with Crippen LogP contribution in [0.5, 0.6) is 0 Å². The standard InChI is InChI=1S/C22H21N7O4/c1-33-9-8-23-21(32)15-5-3-6-16(12-15)25-22-24-13-18-20(26-22)29(28-27-18)17-7-2-4-14(10-17)11-19(30)31/h2-7,10,12-13H,8-9,11H2,1H3,(H,23,32)(H,30,31)(H,24,25,26). The Kier molecular flexibility index (Phi) is 6.51. The Hall–Kier alpha value is -4.38. The fourth-order valence-corrected chi connectivity index (χ4v) is 3.17. The molecular formula is C22H21N7O4. The van der Waals surface area contributed by atoms with E-state index < -0.39 is 5.97 Å². The highest BCUT2D eigenvalue weighted by atomic mass is 16.5. The molecule has 33 heavy (non-hydrogen) atoms. The number of nitrogens with zero attached hydrogens (tertiary/aromatic N) is 5. The minimum absolute atomic E-state index is 0.0996. The Labute approximate surface area is 188 Å². The molecule has 0 bridgehead atoms. The van der Waals surface area contributed by atoms with E-state index in [1.54, 1.807) is 55.6 Å². The summed E-state index contributed by atoms with van der Waals surface area (Å²) in [6.45, 7) is 0.843. The number of carbonyl (C=O) groups excluding carboxylic acids is 1. The first-order chi connectivity index (χ1) is 16.0. The van der Waals surface area contributed by atoms with E-state index in [9.17, 15) is 9.59 Å². The number of anilines is 2. The number of ether oxygens (including phenoxy) is 1. The Morgan fingerprint density at radius 1 is 1.15 bits per heavy atom. The quantitative estimate of drug-likeness (QED) is 0.328. The molecule has 11 nitrogen and oxygen atoms in total. The van der Waals surface area contributed by atoms with E-state index >= 15 is 0 Å². The lowest BCUT2D eigenvalue weighted by molar-refractivity contribution is -0.136. The lowest BCUT2D eigenvalue weighted by atomic mass is 10.1. The van der Waals surface area contributed by atoms with Crippen molar-refractivity contribution in [1.29, 1.82) is 0 Å². The van der Waals surface area contributed by atoms with Crippen molar-refractivity contribution >= 4 is 34.7 Å². The molecule has 11 heteroatoms. The maximum Gasteiger partial charge on any atom is 0.307 e. The fourth-order valence-electron chi connectivity index (χ4n) is 3.17. The van der Waals surface area contributed by atoms with Gasteiger partial charge in [0.25, 0.3) is 5.91 Å². The molecule has 0 saturated heterocycles. The van der Waals surface area contributed by atoms with Gasteiger partial charge in [-0.15, -0.1) is 5.10 Å².